The minimum atomic E-state index is -4.35. The molecular weight excluding hydrogens is 237 g/mol. The van der Waals surface area contributed by atoms with Crippen molar-refractivity contribution in [1.29, 1.82) is 5.26 Å². The van der Waals surface area contributed by atoms with Crippen LogP contribution in [0.2, 0.25) is 0 Å². The summed E-state index contributed by atoms with van der Waals surface area (Å²) in [7, 11) is -4.35. The van der Waals surface area contributed by atoms with Crippen LogP contribution in [0.5, 0.6) is 0 Å². The zero-order chi connectivity index (χ0) is 8.04. The zero-order valence-electron chi connectivity index (χ0n) is 5.17. The van der Waals surface area contributed by atoms with Crippen LogP contribution in [0.25, 0.3) is 0 Å². The molecule has 5 nitrogen and oxygen atoms in total. The van der Waals surface area contributed by atoms with Crippen LogP contribution in [0.1, 0.15) is 6.42 Å². The molecular formula is C3H5NNiO4S2. The van der Waals surface area contributed by atoms with Crippen LogP contribution in [0, 0.1) is 11.3 Å². The second-order valence-corrected chi connectivity index (χ2v) is 3.27. The Kier molecular flexibility index (Phi) is 8.62. The third-order valence-corrected chi connectivity index (χ3v) is 1.87. The fraction of sp³-hybridized carbons (Fsp3) is 0.667. The number of hydrogen-bond acceptors (Lipinski definition) is 5. The van der Waals surface area contributed by atoms with Gasteiger partial charge in [0.2, 0.25) is 0 Å². The normalized spacial score (nSPS) is 9.82. The Morgan fingerprint density at radius 1 is 1.64 bits per heavy atom. The minimum absolute atomic E-state index is 0. The smallest absolute Gasteiger partial charge is 0.263 e. The van der Waals surface area contributed by atoms with Gasteiger partial charge in [-0.05, 0) is 0 Å². The van der Waals surface area contributed by atoms with Gasteiger partial charge in [-0.1, -0.05) is 0 Å². The maximum Gasteiger partial charge on any atom is 0.408 e. The first kappa shape index (κ1) is 13.8. The van der Waals surface area contributed by atoms with Gasteiger partial charge < -0.3 is 0 Å². The van der Waals surface area contributed by atoms with Crippen molar-refractivity contribution in [3.05, 3.63) is 0 Å². The van der Waals surface area contributed by atoms with E-state index in [0.29, 0.717) is 12.0 Å². The number of nitrogens with zero attached hydrogens (tertiary/aromatic N) is 1. The third-order valence-electron chi connectivity index (χ3n) is 0.431. The van der Waals surface area contributed by atoms with E-state index in [0.717, 1.165) is 0 Å². The number of rotatable bonds is 4. The molecule has 0 unspecified atom stereocenters. The molecule has 0 amide bonds. The number of nitriles is 1. The van der Waals surface area contributed by atoms with Crippen LogP contribution in [0.15, 0.2) is 0 Å². The van der Waals surface area contributed by atoms with Crippen LogP contribution in [0.3, 0.4) is 0 Å². The maximum absolute atomic E-state index is 9.82. The van der Waals surface area contributed by atoms with Crippen molar-refractivity contribution in [1.82, 2.24) is 0 Å². The molecule has 0 aromatic carbocycles. The van der Waals surface area contributed by atoms with Crippen LogP contribution < -0.4 is 0 Å². The predicted octanol–water partition coefficient (Wildman–Crippen LogP) is 0.365. The van der Waals surface area contributed by atoms with Gasteiger partial charge in [0.15, 0.2) is 0 Å². The molecule has 8 heteroatoms. The standard InChI is InChI=1S/C3H5NO4S2.Ni/c4-2-1-3-9-8-10(5,6)7;/h1,3H2,(H,5,6,7);. The van der Waals surface area contributed by atoms with Gasteiger partial charge >= 0.3 is 10.4 Å². The molecule has 0 spiro atoms. The van der Waals surface area contributed by atoms with E-state index in [4.69, 9.17) is 9.81 Å². The Bertz CT molecular complexity index is 220. The van der Waals surface area contributed by atoms with E-state index in [1.165, 1.54) is 0 Å². The Morgan fingerprint density at radius 3 is 2.55 bits per heavy atom. The molecule has 0 atom stereocenters. The van der Waals surface area contributed by atoms with Crippen molar-refractivity contribution in [3.8, 4) is 6.07 Å². The summed E-state index contributed by atoms with van der Waals surface area (Å²) in [6, 6.07) is 1.78. The molecule has 0 aliphatic rings. The van der Waals surface area contributed by atoms with Gasteiger partial charge in [-0.15, -0.1) is 0 Å². The average Bonchev–Trinajstić information content (AvgIpc) is 1.78. The van der Waals surface area contributed by atoms with Crippen molar-refractivity contribution >= 4 is 22.4 Å². The Hall–Kier alpha value is 0.204. The molecule has 0 heterocycles. The maximum atomic E-state index is 9.82. The van der Waals surface area contributed by atoms with Gasteiger partial charge in [-0.2, -0.15) is 17.3 Å². The quantitative estimate of drug-likeness (QED) is 0.331. The second kappa shape index (κ2) is 6.89. The third kappa shape index (κ3) is 13.2. The average molecular weight is 242 g/mol. The summed E-state index contributed by atoms with van der Waals surface area (Å²) in [5.41, 5.74) is 0. The zero-order valence-corrected chi connectivity index (χ0v) is 7.79. The van der Waals surface area contributed by atoms with Gasteiger partial charge in [0.1, 0.15) is 0 Å². The van der Waals surface area contributed by atoms with Gasteiger partial charge in [-0.3, -0.25) is 4.55 Å². The topological polar surface area (TPSA) is 87.4 Å². The van der Waals surface area contributed by atoms with Crippen LogP contribution in [-0.2, 0) is 30.5 Å². The first-order valence-corrected chi connectivity index (χ1v) is 4.49. The first-order chi connectivity index (χ1) is 4.56. The van der Waals surface area contributed by atoms with E-state index in [2.05, 4.69) is 3.63 Å². The first-order valence-electron chi connectivity index (χ1n) is 2.22. The van der Waals surface area contributed by atoms with Crippen LogP contribution in [-0.4, -0.2) is 18.7 Å². The minimum Gasteiger partial charge on any atom is -0.263 e. The molecule has 0 saturated carbocycles. The van der Waals surface area contributed by atoms with Crippen molar-refractivity contribution in [2.75, 3.05) is 5.75 Å². The molecule has 0 saturated heterocycles. The molecule has 1 N–H and O–H groups in total. The Balaban J connectivity index is 0. The molecule has 0 aliphatic heterocycles. The summed E-state index contributed by atoms with van der Waals surface area (Å²) in [4.78, 5) is 0. The van der Waals surface area contributed by atoms with E-state index in [1.807, 2.05) is 0 Å². The Labute approximate surface area is 79.2 Å². The van der Waals surface area contributed by atoms with Crippen molar-refractivity contribution in [3.63, 3.8) is 0 Å². The summed E-state index contributed by atoms with van der Waals surface area (Å²) in [5, 5.41) is 7.96. The van der Waals surface area contributed by atoms with E-state index in [1.54, 1.807) is 6.07 Å². The van der Waals surface area contributed by atoms with Gasteiger partial charge in [0, 0.05) is 40.7 Å². The van der Waals surface area contributed by atoms with Gasteiger partial charge in [0.25, 0.3) is 0 Å². The SMILES string of the molecule is N#CCCSOS(=O)(=O)O.[Ni]. The molecule has 11 heavy (non-hydrogen) atoms. The molecule has 0 rings (SSSR count). The van der Waals surface area contributed by atoms with E-state index in [9.17, 15) is 8.42 Å². The Morgan fingerprint density at radius 2 is 2.18 bits per heavy atom. The molecule has 68 valence electrons. The number of hydrogen-bond donors (Lipinski definition) is 1. The van der Waals surface area contributed by atoms with Crippen molar-refractivity contribution in [2.24, 2.45) is 0 Å². The molecule has 0 bridgehead atoms. The molecule has 0 aliphatic carbocycles. The summed E-state index contributed by atoms with van der Waals surface area (Å²) < 4.78 is 31.4. The summed E-state index contributed by atoms with van der Waals surface area (Å²) in [6.45, 7) is 0. The van der Waals surface area contributed by atoms with E-state index in [-0.39, 0.29) is 28.7 Å². The van der Waals surface area contributed by atoms with Crippen molar-refractivity contribution in [2.45, 2.75) is 6.42 Å². The predicted molar refractivity (Wildman–Crippen MR) is 35.3 cm³/mol. The van der Waals surface area contributed by atoms with Gasteiger partial charge in [-0.25, -0.2) is 0 Å². The summed E-state index contributed by atoms with van der Waals surface area (Å²) in [5.74, 6) is 0.219. The largest absolute Gasteiger partial charge is 0.408 e. The van der Waals surface area contributed by atoms with Crippen LogP contribution >= 0.6 is 12.0 Å². The molecule has 0 fully saturated rings. The van der Waals surface area contributed by atoms with Crippen LogP contribution in [0.4, 0.5) is 0 Å². The monoisotopic (exact) mass is 241 g/mol. The van der Waals surface area contributed by atoms with E-state index < -0.39 is 10.4 Å². The van der Waals surface area contributed by atoms with Crippen molar-refractivity contribution < 1.29 is 33.1 Å². The summed E-state index contributed by atoms with van der Waals surface area (Å²) >= 11 is 0.524. The van der Waals surface area contributed by atoms with Gasteiger partial charge in [0.05, 0.1) is 6.07 Å². The van der Waals surface area contributed by atoms with E-state index >= 15 is 0 Å². The molecule has 0 aromatic heterocycles. The second-order valence-electron chi connectivity index (χ2n) is 1.23. The molecule has 0 aromatic rings. The fourth-order valence-corrected chi connectivity index (χ4v) is 1.12. The summed E-state index contributed by atoms with van der Waals surface area (Å²) in [6.07, 6.45) is 0.181. The molecule has 0 radical (unpaired) electrons. The fourth-order valence-electron chi connectivity index (χ4n) is 0.182.